The maximum atomic E-state index is 12.5. The van der Waals surface area contributed by atoms with Crippen LogP contribution >= 0.6 is 35.0 Å². The van der Waals surface area contributed by atoms with Crippen LogP contribution in [-0.4, -0.2) is 45.1 Å². The van der Waals surface area contributed by atoms with Gasteiger partial charge in [0, 0.05) is 38.0 Å². The van der Waals surface area contributed by atoms with Gasteiger partial charge in [0.25, 0.3) is 5.69 Å². The maximum Gasteiger partial charge on any atom is 0.271 e. The van der Waals surface area contributed by atoms with Gasteiger partial charge in [-0.25, -0.2) is 0 Å². The predicted molar refractivity (Wildman–Crippen MR) is 124 cm³/mol. The maximum absolute atomic E-state index is 12.5. The molecular weight excluding hydrogens is 477 g/mol. The Morgan fingerprint density at radius 2 is 2.00 bits per heavy atom. The summed E-state index contributed by atoms with van der Waals surface area (Å²) in [4.78, 5) is 22.9. The zero-order chi connectivity index (χ0) is 23.1. The summed E-state index contributed by atoms with van der Waals surface area (Å²) in [5.74, 6) is 0.212. The SMILES string of the molecule is COCCCn1c(SCC(=O)Nc2cc([N+](=O)[O-])ccc2Cl)nnc1-c1ccccc1Cl. The van der Waals surface area contributed by atoms with Crippen LogP contribution in [0, 0.1) is 10.1 Å². The summed E-state index contributed by atoms with van der Waals surface area (Å²) in [6.07, 6.45) is 0.717. The molecule has 3 rings (SSSR count). The molecule has 32 heavy (non-hydrogen) atoms. The fraction of sp³-hybridized carbons (Fsp3) is 0.250. The van der Waals surface area contributed by atoms with E-state index in [4.69, 9.17) is 27.9 Å². The Morgan fingerprint density at radius 1 is 1.22 bits per heavy atom. The molecule has 0 bridgehead atoms. The summed E-state index contributed by atoms with van der Waals surface area (Å²) in [5.41, 5.74) is 0.739. The normalized spacial score (nSPS) is 10.8. The van der Waals surface area contributed by atoms with Crippen molar-refractivity contribution in [3.8, 4) is 11.4 Å². The Labute approximate surface area is 198 Å². The monoisotopic (exact) mass is 495 g/mol. The number of nitro benzene ring substituents is 1. The fourth-order valence-corrected chi connectivity index (χ4v) is 3.99. The van der Waals surface area contributed by atoms with Crippen LogP contribution in [0.1, 0.15) is 6.42 Å². The quantitative estimate of drug-likeness (QED) is 0.183. The summed E-state index contributed by atoms with van der Waals surface area (Å²) in [6, 6.07) is 11.2. The number of anilines is 1. The number of carbonyl (C=O) groups excluding carboxylic acids is 1. The van der Waals surface area contributed by atoms with E-state index < -0.39 is 4.92 Å². The van der Waals surface area contributed by atoms with Crippen LogP contribution < -0.4 is 5.32 Å². The third-order valence-electron chi connectivity index (χ3n) is 4.33. The number of carbonyl (C=O) groups is 1. The van der Waals surface area contributed by atoms with Crippen molar-refractivity contribution < 1.29 is 14.5 Å². The molecule has 0 aliphatic rings. The molecule has 9 nitrogen and oxygen atoms in total. The van der Waals surface area contributed by atoms with Crippen molar-refractivity contribution in [1.29, 1.82) is 0 Å². The van der Waals surface area contributed by atoms with Crippen LogP contribution in [0.2, 0.25) is 10.0 Å². The van der Waals surface area contributed by atoms with Gasteiger partial charge in [0.15, 0.2) is 11.0 Å². The minimum Gasteiger partial charge on any atom is -0.385 e. The lowest BCUT2D eigenvalue weighted by Gasteiger charge is -2.11. The molecular formula is C20H19Cl2N5O4S. The lowest BCUT2D eigenvalue weighted by atomic mass is 10.2. The van der Waals surface area contributed by atoms with Crippen molar-refractivity contribution in [3.63, 3.8) is 0 Å². The van der Waals surface area contributed by atoms with E-state index in [1.165, 1.54) is 30.0 Å². The van der Waals surface area contributed by atoms with E-state index in [1.54, 1.807) is 13.2 Å². The second-order valence-electron chi connectivity index (χ2n) is 6.54. The van der Waals surface area contributed by atoms with Gasteiger partial charge in [0.05, 0.1) is 26.4 Å². The van der Waals surface area contributed by atoms with E-state index in [-0.39, 0.29) is 28.1 Å². The van der Waals surface area contributed by atoms with Crippen LogP contribution in [0.25, 0.3) is 11.4 Å². The standard InChI is InChI=1S/C20H19Cl2N5O4S/c1-31-10-4-9-26-19(14-5-2-3-6-15(14)21)24-25-20(26)32-12-18(28)23-17-11-13(27(29)30)7-8-16(17)22/h2-3,5-8,11H,4,9-10,12H2,1H3,(H,23,28). The topological polar surface area (TPSA) is 112 Å². The number of rotatable bonds is 10. The number of benzene rings is 2. The van der Waals surface area contributed by atoms with Crippen LogP contribution in [0.15, 0.2) is 47.6 Å². The number of non-ortho nitro benzene ring substituents is 1. The number of halogens is 2. The van der Waals surface area contributed by atoms with E-state index in [0.29, 0.717) is 29.2 Å². The molecule has 168 valence electrons. The number of nitro groups is 1. The van der Waals surface area contributed by atoms with Gasteiger partial charge in [-0.15, -0.1) is 10.2 Å². The molecule has 0 fully saturated rings. The van der Waals surface area contributed by atoms with Gasteiger partial charge < -0.3 is 14.6 Å². The van der Waals surface area contributed by atoms with E-state index >= 15 is 0 Å². The summed E-state index contributed by atoms with van der Waals surface area (Å²) >= 11 is 13.6. The highest BCUT2D eigenvalue weighted by Crippen LogP contribution is 2.30. The van der Waals surface area contributed by atoms with E-state index in [1.807, 2.05) is 22.8 Å². The number of methoxy groups -OCH3 is 1. The summed E-state index contributed by atoms with van der Waals surface area (Å²) in [6.45, 7) is 1.12. The lowest BCUT2D eigenvalue weighted by molar-refractivity contribution is -0.384. The molecule has 0 saturated carbocycles. The number of amides is 1. The molecule has 0 unspecified atom stereocenters. The molecule has 0 atom stereocenters. The van der Waals surface area contributed by atoms with Crippen LogP contribution in [0.3, 0.4) is 0 Å². The van der Waals surface area contributed by atoms with Crippen molar-refractivity contribution in [2.24, 2.45) is 0 Å². The number of aromatic nitrogens is 3. The number of thioether (sulfide) groups is 1. The van der Waals surface area contributed by atoms with Crippen LogP contribution in [0.5, 0.6) is 0 Å². The zero-order valence-electron chi connectivity index (χ0n) is 17.0. The highest BCUT2D eigenvalue weighted by molar-refractivity contribution is 7.99. The molecule has 0 aliphatic heterocycles. The van der Waals surface area contributed by atoms with Gasteiger partial charge in [-0.3, -0.25) is 14.9 Å². The first kappa shape index (κ1) is 24.0. The summed E-state index contributed by atoms with van der Waals surface area (Å²) in [7, 11) is 1.63. The molecule has 2 aromatic carbocycles. The molecule has 0 saturated heterocycles. The van der Waals surface area contributed by atoms with Gasteiger partial charge in [-0.05, 0) is 24.6 Å². The predicted octanol–water partition coefficient (Wildman–Crippen LogP) is 4.93. The second-order valence-corrected chi connectivity index (χ2v) is 8.30. The van der Waals surface area contributed by atoms with Gasteiger partial charge in [0.1, 0.15) is 0 Å². The van der Waals surface area contributed by atoms with Crippen molar-refractivity contribution in [3.05, 3.63) is 62.6 Å². The first-order valence-electron chi connectivity index (χ1n) is 9.44. The Balaban J connectivity index is 1.75. The van der Waals surface area contributed by atoms with Crippen LogP contribution in [-0.2, 0) is 16.1 Å². The number of hydrogen-bond acceptors (Lipinski definition) is 7. The van der Waals surface area contributed by atoms with Crippen molar-refractivity contribution in [2.45, 2.75) is 18.1 Å². The third-order valence-corrected chi connectivity index (χ3v) is 5.95. The number of nitrogens with one attached hydrogen (secondary N) is 1. The van der Waals surface area contributed by atoms with Gasteiger partial charge >= 0.3 is 0 Å². The minimum absolute atomic E-state index is 0.00392. The number of hydrogen-bond donors (Lipinski definition) is 1. The van der Waals surface area contributed by atoms with Gasteiger partial charge in [-0.1, -0.05) is 47.1 Å². The molecule has 0 aliphatic carbocycles. The van der Waals surface area contributed by atoms with Gasteiger partial charge in [-0.2, -0.15) is 0 Å². The third kappa shape index (κ3) is 5.98. The second kappa shape index (κ2) is 11.3. The van der Waals surface area contributed by atoms with Crippen LogP contribution in [0.4, 0.5) is 11.4 Å². The Bertz CT molecular complexity index is 1130. The Morgan fingerprint density at radius 3 is 2.72 bits per heavy atom. The first-order valence-corrected chi connectivity index (χ1v) is 11.2. The zero-order valence-corrected chi connectivity index (χ0v) is 19.3. The molecule has 12 heteroatoms. The average Bonchev–Trinajstić information content (AvgIpc) is 3.16. The van der Waals surface area contributed by atoms with E-state index in [9.17, 15) is 14.9 Å². The van der Waals surface area contributed by atoms with Crippen molar-refractivity contribution in [2.75, 3.05) is 24.8 Å². The minimum atomic E-state index is -0.556. The summed E-state index contributed by atoms with van der Waals surface area (Å²) < 4.78 is 7.03. The smallest absolute Gasteiger partial charge is 0.271 e. The molecule has 1 aromatic heterocycles. The molecule has 1 N–H and O–H groups in total. The Kier molecular flexibility index (Phi) is 8.46. The lowest BCUT2D eigenvalue weighted by Crippen LogP contribution is -2.15. The summed E-state index contributed by atoms with van der Waals surface area (Å²) in [5, 5.41) is 23.3. The largest absolute Gasteiger partial charge is 0.385 e. The first-order chi connectivity index (χ1) is 15.4. The molecule has 0 radical (unpaired) electrons. The molecule has 1 heterocycles. The highest BCUT2D eigenvalue weighted by atomic mass is 35.5. The number of ether oxygens (including phenoxy) is 1. The molecule has 0 spiro atoms. The van der Waals surface area contributed by atoms with Gasteiger partial charge in [0.2, 0.25) is 5.91 Å². The highest BCUT2D eigenvalue weighted by Gasteiger charge is 2.18. The molecule has 1 amide bonds. The number of nitrogens with zero attached hydrogens (tertiary/aromatic N) is 4. The molecule has 3 aromatic rings. The van der Waals surface area contributed by atoms with Crippen molar-refractivity contribution in [1.82, 2.24) is 14.8 Å². The Hall–Kier alpha value is -2.66. The van der Waals surface area contributed by atoms with E-state index in [0.717, 1.165) is 12.0 Å². The fourth-order valence-electron chi connectivity index (χ4n) is 2.84. The average molecular weight is 496 g/mol. The van der Waals surface area contributed by atoms with E-state index in [2.05, 4.69) is 15.5 Å². The van der Waals surface area contributed by atoms with Crippen molar-refractivity contribution >= 4 is 52.2 Å².